The van der Waals surface area contributed by atoms with E-state index in [1.165, 1.54) is 0 Å². The zero-order valence-electron chi connectivity index (χ0n) is 5.85. The molecule has 1 rings (SSSR count). The van der Waals surface area contributed by atoms with Crippen LogP contribution < -0.4 is 0 Å². The summed E-state index contributed by atoms with van der Waals surface area (Å²) in [6.07, 6.45) is -4.55. The van der Waals surface area contributed by atoms with Crippen LogP contribution in [0, 0.1) is 0 Å². The summed E-state index contributed by atoms with van der Waals surface area (Å²) in [5.74, 6) is -8.45. The molecule has 0 saturated carbocycles. The Balaban J connectivity index is 2.92. The van der Waals surface area contributed by atoms with Crippen LogP contribution in [0.3, 0.4) is 0 Å². The predicted molar refractivity (Wildman–Crippen MR) is 26.9 cm³/mol. The number of ether oxygens (including phenoxy) is 2. The van der Waals surface area contributed by atoms with E-state index < -0.39 is 30.6 Å². The highest BCUT2D eigenvalue weighted by atomic mass is 19.3. The van der Waals surface area contributed by atoms with E-state index in [-0.39, 0.29) is 0 Å². The Morgan fingerprint density at radius 2 is 1.62 bits per heavy atom. The quantitative estimate of drug-likeness (QED) is 0.453. The largest absolute Gasteiger partial charge is 0.504 e. The smallest absolute Gasteiger partial charge is 0.408 e. The van der Waals surface area contributed by atoms with Crippen molar-refractivity contribution in [2.24, 2.45) is 0 Å². The van der Waals surface area contributed by atoms with Crippen LogP contribution in [-0.2, 0) is 19.1 Å². The molecule has 0 aromatic carbocycles. The summed E-state index contributed by atoms with van der Waals surface area (Å²) < 4.78 is 54.9. The van der Waals surface area contributed by atoms with Crippen LogP contribution in [0.4, 0.5) is 17.6 Å². The molecule has 0 aliphatic carbocycles. The molecule has 1 aliphatic heterocycles. The van der Waals surface area contributed by atoms with Gasteiger partial charge in [0.15, 0.2) is 6.67 Å². The first-order valence-electron chi connectivity index (χ1n) is 2.91. The second-order valence-electron chi connectivity index (χ2n) is 2.16. The van der Waals surface area contributed by atoms with Crippen molar-refractivity contribution in [3.63, 3.8) is 0 Å². The number of carbonyl (C=O) groups excluding carboxylic acids is 2. The highest BCUT2D eigenvalue weighted by molar-refractivity contribution is 5.90. The van der Waals surface area contributed by atoms with Crippen molar-refractivity contribution >= 4 is 11.9 Å². The molecule has 0 N–H and O–H groups in total. The van der Waals surface area contributed by atoms with E-state index in [0.717, 1.165) is 0 Å². The first kappa shape index (κ1) is 9.75. The third-order valence-corrected chi connectivity index (χ3v) is 1.19. The van der Waals surface area contributed by atoms with Gasteiger partial charge in [-0.3, -0.25) is 0 Å². The minimum absolute atomic E-state index is 2.08. The summed E-state index contributed by atoms with van der Waals surface area (Å²) in [6, 6.07) is 0. The third-order valence-electron chi connectivity index (χ3n) is 1.19. The molecule has 1 unspecified atom stereocenters. The van der Waals surface area contributed by atoms with Gasteiger partial charge in [0, 0.05) is 0 Å². The van der Waals surface area contributed by atoms with Gasteiger partial charge in [-0.05, 0) is 0 Å². The van der Waals surface area contributed by atoms with Crippen LogP contribution in [-0.4, -0.2) is 30.6 Å². The number of alkyl halides is 4. The van der Waals surface area contributed by atoms with Crippen molar-refractivity contribution in [3.8, 4) is 0 Å². The molecule has 8 heteroatoms. The highest BCUT2D eigenvalue weighted by Crippen LogP contribution is 2.31. The fourth-order valence-corrected chi connectivity index (χ4v) is 0.564. The minimum Gasteiger partial charge on any atom is -0.408 e. The summed E-state index contributed by atoms with van der Waals surface area (Å²) in [5.41, 5.74) is 0. The Kier molecular flexibility index (Phi) is 1.93. The SMILES string of the molecule is O=C1OC(F)(CF)C(=O)OC1(F)F. The predicted octanol–water partition coefficient (Wildman–Crippen LogP) is 0.315. The number of cyclic esters (lactones) is 2. The Hall–Kier alpha value is -1.34. The second-order valence-corrected chi connectivity index (χ2v) is 2.16. The average molecular weight is 202 g/mol. The Bertz CT molecular complexity index is 265. The lowest BCUT2D eigenvalue weighted by molar-refractivity contribution is -0.300. The standard InChI is InChI=1S/C5H2F4O4/c6-1-4(7)2(10)13-5(8,9)3(11)12-4/h1H2. The number of carbonyl (C=O) groups is 2. The summed E-state index contributed by atoms with van der Waals surface area (Å²) >= 11 is 0. The maximum Gasteiger partial charge on any atom is 0.504 e. The Morgan fingerprint density at radius 1 is 1.08 bits per heavy atom. The number of hydrogen-bond acceptors (Lipinski definition) is 4. The molecular formula is C5H2F4O4. The summed E-state index contributed by atoms with van der Waals surface area (Å²) in [4.78, 5) is 20.5. The Labute approximate surface area is 68.4 Å². The summed E-state index contributed by atoms with van der Waals surface area (Å²) in [5, 5.41) is 0. The monoisotopic (exact) mass is 202 g/mol. The molecule has 0 aromatic heterocycles. The molecule has 1 saturated heterocycles. The van der Waals surface area contributed by atoms with Gasteiger partial charge in [-0.25, -0.2) is 14.0 Å². The average Bonchev–Trinajstić information content (AvgIpc) is 2.01. The zero-order chi connectivity index (χ0) is 10.3. The molecular weight excluding hydrogens is 200 g/mol. The summed E-state index contributed by atoms with van der Waals surface area (Å²) in [7, 11) is 0. The van der Waals surface area contributed by atoms with E-state index in [1.54, 1.807) is 0 Å². The Morgan fingerprint density at radius 3 is 2.08 bits per heavy atom. The van der Waals surface area contributed by atoms with E-state index in [4.69, 9.17) is 0 Å². The molecule has 74 valence electrons. The molecule has 0 spiro atoms. The fourth-order valence-electron chi connectivity index (χ4n) is 0.564. The molecule has 1 heterocycles. The van der Waals surface area contributed by atoms with Crippen molar-refractivity contribution in [2.45, 2.75) is 12.0 Å². The van der Waals surface area contributed by atoms with Crippen LogP contribution in [0.1, 0.15) is 0 Å². The lowest BCUT2D eigenvalue weighted by Crippen LogP contribution is -2.55. The molecule has 1 aliphatic rings. The van der Waals surface area contributed by atoms with Crippen molar-refractivity contribution in [1.29, 1.82) is 0 Å². The van der Waals surface area contributed by atoms with Crippen molar-refractivity contribution in [3.05, 3.63) is 0 Å². The van der Waals surface area contributed by atoms with Crippen LogP contribution in [0.15, 0.2) is 0 Å². The lowest BCUT2D eigenvalue weighted by Gasteiger charge is -2.28. The highest BCUT2D eigenvalue weighted by Gasteiger charge is 2.61. The maximum atomic E-state index is 12.7. The van der Waals surface area contributed by atoms with E-state index in [9.17, 15) is 27.2 Å². The number of rotatable bonds is 1. The normalized spacial score (nSPS) is 32.3. The van der Waals surface area contributed by atoms with Crippen molar-refractivity contribution < 1.29 is 36.6 Å². The van der Waals surface area contributed by atoms with Crippen LogP contribution in [0.5, 0.6) is 0 Å². The van der Waals surface area contributed by atoms with Gasteiger partial charge >= 0.3 is 23.9 Å². The molecule has 0 bridgehead atoms. The number of hydrogen-bond donors (Lipinski definition) is 0. The van der Waals surface area contributed by atoms with Crippen molar-refractivity contribution in [1.82, 2.24) is 0 Å². The lowest BCUT2D eigenvalue weighted by atomic mass is 10.3. The van der Waals surface area contributed by atoms with Gasteiger partial charge in [-0.1, -0.05) is 0 Å². The first-order valence-corrected chi connectivity index (χ1v) is 2.91. The topological polar surface area (TPSA) is 52.6 Å². The number of esters is 2. The first-order chi connectivity index (χ1) is 5.82. The van der Waals surface area contributed by atoms with Crippen LogP contribution in [0.2, 0.25) is 0 Å². The molecule has 0 radical (unpaired) electrons. The zero-order valence-corrected chi connectivity index (χ0v) is 5.85. The van der Waals surface area contributed by atoms with Gasteiger partial charge in [0.05, 0.1) is 0 Å². The minimum atomic E-state index is -4.55. The molecule has 0 amide bonds. The van der Waals surface area contributed by atoms with Gasteiger partial charge in [0.25, 0.3) is 0 Å². The maximum absolute atomic E-state index is 12.7. The van der Waals surface area contributed by atoms with Gasteiger partial charge in [-0.2, -0.15) is 13.2 Å². The van der Waals surface area contributed by atoms with Crippen LogP contribution in [0.25, 0.3) is 0 Å². The molecule has 0 aromatic rings. The fraction of sp³-hybridized carbons (Fsp3) is 0.600. The molecule has 13 heavy (non-hydrogen) atoms. The third kappa shape index (κ3) is 1.43. The van der Waals surface area contributed by atoms with E-state index in [1.807, 2.05) is 0 Å². The molecule has 1 fully saturated rings. The second kappa shape index (κ2) is 2.57. The van der Waals surface area contributed by atoms with Crippen LogP contribution >= 0.6 is 0 Å². The van der Waals surface area contributed by atoms with Crippen molar-refractivity contribution in [2.75, 3.05) is 6.67 Å². The van der Waals surface area contributed by atoms with Gasteiger partial charge in [0.2, 0.25) is 0 Å². The van der Waals surface area contributed by atoms with E-state index >= 15 is 0 Å². The van der Waals surface area contributed by atoms with Gasteiger partial charge < -0.3 is 9.47 Å². The summed E-state index contributed by atoms with van der Waals surface area (Å²) in [6.45, 7) is -2.08. The van der Waals surface area contributed by atoms with Gasteiger partial charge in [0.1, 0.15) is 0 Å². The number of halogens is 4. The van der Waals surface area contributed by atoms with Gasteiger partial charge in [-0.15, -0.1) is 0 Å². The molecule has 4 nitrogen and oxygen atoms in total. The van der Waals surface area contributed by atoms with E-state index in [2.05, 4.69) is 9.47 Å². The molecule has 1 atom stereocenters. The van der Waals surface area contributed by atoms with E-state index in [0.29, 0.717) is 0 Å².